The Balaban J connectivity index is 1.79. The number of pyridine rings is 1. The van der Waals surface area contributed by atoms with Crippen LogP contribution in [0.2, 0.25) is 0 Å². The van der Waals surface area contributed by atoms with Gasteiger partial charge < -0.3 is 14.8 Å². The molecule has 5 heteroatoms. The number of aromatic nitrogens is 1. The molecule has 0 aromatic carbocycles. The first kappa shape index (κ1) is 11.5. The molecule has 96 valence electrons. The second kappa shape index (κ2) is 4.24. The molecule has 0 aliphatic carbocycles. The Bertz CT molecular complexity index is 525. The van der Waals surface area contributed by atoms with Crippen LogP contribution in [0.3, 0.4) is 0 Å². The first-order valence-corrected chi connectivity index (χ1v) is 6.32. The maximum absolute atomic E-state index is 12.3. The van der Waals surface area contributed by atoms with Gasteiger partial charge in [-0.2, -0.15) is 0 Å². The van der Waals surface area contributed by atoms with Crippen LogP contribution in [0.15, 0.2) is 23.1 Å². The third kappa shape index (κ3) is 1.84. The summed E-state index contributed by atoms with van der Waals surface area (Å²) in [6.07, 6.45) is 1.65. The molecule has 1 aromatic heterocycles. The summed E-state index contributed by atoms with van der Waals surface area (Å²) >= 11 is 0. The fourth-order valence-corrected chi connectivity index (χ4v) is 2.89. The quantitative estimate of drug-likeness (QED) is 0.740. The van der Waals surface area contributed by atoms with Crippen molar-refractivity contribution in [3.8, 4) is 0 Å². The molecule has 2 aliphatic heterocycles. The number of hydrogen-bond donors (Lipinski definition) is 1. The normalized spacial score (nSPS) is 26.4. The van der Waals surface area contributed by atoms with Crippen molar-refractivity contribution in [3.63, 3.8) is 0 Å². The van der Waals surface area contributed by atoms with Crippen molar-refractivity contribution < 1.29 is 4.79 Å². The number of rotatable bonds is 1. The van der Waals surface area contributed by atoms with Crippen LogP contribution >= 0.6 is 0 Å². The highest BCUT2D eigenvalue weighted by Gasteiger charge is 2.38. The van der Waals surface area contributed by atoms with Gasteiger partial charge in [0.25, 0.3) is 11.5 Å². The predicted octanol–water partition coefficient (Wildman–Crippen LogP) is -0.323. The van der Waals surface area contributed by atoms with E-state index in [0.717, 1.165) is 26.2 Å². The second-order valence-corrected chi connectivity index (χ2v) is 5.25. The van der Waals surface area contributed by atoms with Crippen LogP contribution in [-0.4, -0.2) is 41.6 Å². The minimum Gasteiger partial charge on any atom is -0.338 e. The van der Waals surface area contributed by atoms with E-state index in [1.54, 1.807) is 19.3 Å². The molecular weight excluding hydrogens is 230 g/mol. The van der Waals surface area contributed by atoms with E-state index >= 15 is 0 Å². The van der Waals surface area contributed by atoms with Crippen molar-refractivity contribution in [1.82, 2.24) is 14.8 Å². The lowest BCUT2D eigenvalue weighted by atomic mass is 10.0. The number of aryl methyl sites for hydroxylation is 1. The molecular formula is C13H17N3O2. The number of fused-ring (bicyclic) bond motifs is 1. The van der Waals surface area contributed by atoms with Crippen LogP contribution < -0.4 is 10.9 Å². The molecule has 0 radical (unpaired) electrons. The van der Waals surface area contributed by atoms with Crippen LogP contribution in [0.25, 0.3) is 0 Å². The largest absolute Gasteiger partial charge is 0.338 e. The van der Waals surface area contributed by atoms with E-state index in [-0.39, 0.29) is 11.5 Å². The zero-order valence-electron chi connectivity index (χ0n) is 10.4. The monoisotopic (exact) mass is 247 g/mol. The van der Waals surface area contributed by atoms with Gasteiger partial charge >= 0.3 is 0 Å². The standard InChI is InChI=1S/C13H17N3O2/c1-15-3-2-9(4-12(15)17)13(18)16-7-10-5-14-6-11(10)8-16/h2-4,10-11,14H,5-8H2,1H3/t10-,11+. The summed E-state index contributed by atoms with van der Waals surface area (Å²) in [6, 6.07) is 3.14. The summed E-state index contributed by atoms with van der Waals surface area (Å²) in [5.41, 5.74) is 0.368. The summed E-state index contributed by atoms with van der Waals surface area (Å²) in [5, 5.41) is 3.35. The van der Waals surface area contributed by atoms with Gasteiger partial charge in [0.2, 0.25) is 0 Å². The minimum atomic E-state index is -0.137. The van der Waals surface area contributed by atoms with E-state index in [4.69, 9.17) is 0 Å². The van der Waals surface area contributed by atoms with E-state index in [9.17, 15) is 9.59 Å². The number of carbonyl (C=O) groups is 1. The number of nitrogens with one attached hydrogen (secondary N) is 1. The molecule has 5 nitrogen and oxygen atoms in total. The zero-order chi connectivity index (χ0) is 12.7. The van der Waals surface area contributed by atoms with Crippen LogP contribution in [0.1, 0.15) is 10.4 Å². The van der Waals surface area contributed by atoms with Gasteiger partial charge in [0.15, 0.2) is 0 Å². The van der Waals surface area contributed by atoms with Gasteiger partial charge in [-0.05, 0) is 17.9 Å². The molecule has 2 fully saturated rings. The van der Waals surface area contributed by atoms with Crippen LogP contribution in [-0.2, 0) is 7.05 Å². The molecule has 3 rings (SSSR count). The Hall–Kier alpha value is -1.62. The van der Waals surface area contributed by atoms with Crippen molar-refractivity contribution in [2.24, 2.45) is 18.9 Å². The summed E-state index contributed by atoms with van der Waals surface area (Å²) in [4.78, 5) is 25.7. The van der Waals surface area contributed by atoms with Gasteiger partial charge in [-0.1, -0.05) is 0 Å². The number of amides is 1. The highest BCUT2D eigenvalue weighted by molar-refractivity contribution is 5.94. The Morgan fingerprint density at radius 2 is 2.00 bits per heavy atom. The molecule has 1 N–H and O–H groups in total. The smallest absolute Gasteiger partial charge is 0.254 e. The van der Waals surface area contributed by atoms with E-state index in [2.05, 4.69) is 5.32 Å². The summed E-state index contributed by atoms with van der Waals surface area (Å²) in [6.45, 7) is 3.63. The third-order valence-corrected chi connectivity index (χ3v) is 4.03. The Morgan fingerprint density at radius 3 is 2.61 bits per heavy atom. The summed E-state index contributed by atoms with van der Waals surface area (Å²) in [5.74, 6) is 1.16. The highest BCUT2D eigenvalue weighted by Crippen LogP contribution is 2.27. The molecule has 0 spiro atoms. The SMILES string of the molecule is Cn1ccc(C(=O)N2C[C@H]3CNC[C@H]3C2)cc1=O. The molecule has 1 aromatic rings. The average molecular weight is 247 g/mol. The molecule has 2 aliphatic rings. The molecule has 3 heterocycles. The first-order valence-electron chi connectivity index (χ1n) is 6.32. The molecule has 18 heavy (non-hydrogen) atoms. The summed E-state index contributed by atoms with van der Waals surface area (Å²) < 4.78 is 1.47. The lowest BCUT2D eigenvalue weighted by Gasteiger charge is -2.17. The number of likely N-dealkylation sites (tertiary alicyclic amines) is 1. The minimum absolute atomic E-state index is 0.0119. The van der Waals surface area contributed by atoms with Gasteiger partial charge in [-0.15, -0.1) is 0 Å². The molecule has 2 saturated heterocycles. The zero-order valence-corrected chi connectivity index (χ0v) is 10.4. The highest BCUT2D eigenvalue weighted by atomic mass is 16.2. The second-order valence-electron chi connectivity index (χ2n) is 5.25. The van der Waals surface area contributed by atoms with Gasteiger partial charge in [0.1, 0.15) is 0 Å². The van der Waals surface area contributed by atoms with Crippen molar-refractivity contribution >= 4 is 5.91 Å². The van der Waals surface area contributed by atoms with Crippen LogP contribution in [0.4, 0.5) is 0 Å². The number of nitrogens with zero attached hydrogens (tertiary/aromatic N) is 2. The van der Waals surface area contributed by atoms with Gasteiger partial charge in [-0.25, -0.2) is 0 Å². The third-order valence-electron chi connectivity index (χ3n) is 4.03. The average Bonchev–Trinajstić information content (AvgIpc) is 2.92. The van der Waals surface area contributed by atoms with E-state index in [1.165, 1.54) is 10.6 Å². The van der Waals surface area contributed by atoms with Crippen molar-refractivity contribution in [2.75, 3.05) is 26.2 Å². The van der Waals surface area contributed by atoms with Crippen molar-refractivity contribution in [2.45, 2.75) is 0 Å². The molecule has 0 unspecified atom stereocenters. The van der Waals surface area contributed by atoms with Crippen LogP contribution in [0, 0.1) is 11.8 Å². The maximum Gasteiger partial charge on any atom is 0.254 e. The van der Waals surface area contributed by atoms with E-state index in [0.29, 0.717) is 17.4 Å². The summed E-state index contributed by atoms with van der Waals surface area (Å²) in [7, 11) is 1.68. The van der Waals surface area contributed by atoms with Gasteiger partial charge in [0.05, 0.1) is 0 Å². The Morgan fingerprint density at radius 1 is 1.33 bits per heavy atom. The lowest BCUT2D eigenvalue weighted by molar-refractivity contribution is 0.0781. The van der Waals surface area contributed by atoms with Crippen molar-refractivity contribution in [3.05, 3.63) is 34.2 Å². The van der Waals surface area contributed by atoms with E-state index < -0.39 is 0 Å². The predicted molar refractivity (Wildman–Crippen MR) is 67.4 cm³/mol. The van der Waals surface area contributed by atoms with Crippen LogP contribution in [0.5, 0.6) is 0 Å². The molecule has 0 saturated carbocycles. The first-order chi connectivity index (χ1) is 8.65. The number of carbonyl (C=O) groups excluding carboxylic acids is 1. The van der Waals surface area contributed by atoms with E-state index in [1.807, 2.05) is 4.90 Å². The maximum atomic E-state index is 12.3. The topological polar surface area (TPSA) is 54.3 Å². The molecule has 1 amide bonds. The molecule has 0 bridgehead atoms. The fourth-order valence-electron chi connectivity index (χ4n) is 2.89. The Labute approximate surface area is 105 Å². The molecule has 2 atom stereocenters. The Kier molecular flexibility index (Phi) is 2.70. The van der Waals surface area contributed by atoms with Crippen molar-refractivity contribution in [1.29, 1.82) is 0 Å². The van der Waals surface area contributed by atoms with Gasteiger partial charge in [0, 0.05) is 51.1 Å². The fraction of sp³-hybridized carbons (Fsp3) is 0.538. The number of hydrogen-bond acceptors (Lipinski definition) is 3. The lowest BCUT2D eigenvalue weighted by Crippen LogP contribution is -2.32. The van der Waals surface area contributed by atoms with Gasteiger partial charge in [-0.3, -0.25) is 9.59 Å².